The molecular formula is C22H26N4OS. The lowest BCUT2D eigenvalue weighted by atomic mass is 9.89. The molecule has 1 amide bonds. The molecule has 0 spiro atoms. The Morgan fingerprint density at radius 1 is 1.29 bits per heavy atom. The Labute approximate surface area is 170 Å². The van der Waals surface area contributed by atoms with Gasteiger partial charge in [-0.2, -0.15) is 5.10 Å². The number of carbonyl (C=O) groups excluding carboxylic acids is 1. The molecule has 0 aliphatic carbocycles. The number of nitrogens with one attached hydrogen (secondary N) is 1. The largest absolute Gasteiger partial charge is 0.330 e. The number of thiophene rings is 1. The highest BCUT2D eigenvalue weighted by molar-refractivity contribution is 7.10. The summed E-state index contributed by atoms with van der Waals surface area (Å²) in [4.78, 5) is 17.0. The van der Waals surface area contributed by atoms with Crippen LogP contribution in [0.15, 0.2) is 60.2 Å². The van der Waals surface area contributed by atoms with E-state index in [1.807, 2.05) is 47.2 Å². The van der Waals surface area contributed by atoms with Gasteiger partial charge in [-0.1, -0.05) is 36.4 Å². The first-order valence-corrected chi connectivity index (χ1v) is 10.6. The summed E-state index contributed by atoms with van der Waals surface area (Å²) in [5.41, 5.74) is 2.29. The van der Waals surface area contributed by atoms with E-state index in [1.54, 1.807) is 11.3 Å². The molecule has 1 aliphatic heterocycles. The molecule has 1 fully saturated rings. The number of nitrogens with zero attached hydrogens (tertiary/aromatic N) is 3. The summed E-state index contributed by atoms with van der Waals surface area (Å²) in [7, 11) is 1.92. The maximum atomic E-state index is 13.7. The molecule has 1 N–H and O–H groups in total. The zero-order valence-electron chi connectivity index (χ0n) is 16.3. The van der Waals surface area contributed by atoms with Crippen LogP contribution in [-0.2, 0) is 18.4 Å². The zero-order valence-corrected chi connectivity index (χ0v) is 17.1. The number of rotatable bonds is 6. The van der Waals surface area contributed by atoms with Crippen molar-refractivity contribution >= 4 is 17.2 Å². The van der Waals surface area contributed by atoms with E-state index in [0.717, 1.165) is 17.7 Å². The average Bonchev–Trinajstić information content (AvgIpc) is 3.46. The fourth-order valence-corrected chi connectivity index (χ4v) is 4.80. The first-order chi connectivity index (χ1) is 13.6. The molecule has 3 aromatic rings. The quantitative estimate of drug-likeness (QED) is 0.695. The van der Waals surface area contributed by atoms with Crippen LogP contribution in [0.2, 0.25) is 0 Å². The van der Waals surface area contributed by atoms with E-state index in [9.17, 15) is 4.79 Å². The van der Waals surface area contributed by atoms with Crippen LogP contribution < -0.4 is 5.32 Å². The zero-order chi connectivity index (χ0) is 19.5. The van der Waals surface area contributed by atoms with E-state index in [0.29, 0.717) is 13.1 Å². The number of carbonyl (C=O) groups is 1. The minimum absolute atomic E-state index is 0.0443. The van der Waals surface area contributed by atoms with Gasteiger partial charge in [-0.15, -0.1) is 11.3 Å². The van der Waals surface area contributed by atoms with Gasteiger partial charge < -0.3 is 10.2 Å². The Bertz CT molecular complexity index is 906. The van der Waals surface area contributed by atoms with Crippen LogP contribution in [-0.4, -0.2) is 33.7 Å². The molecule has 0 radical (unpaired) electrons. The molecule has 4 rings (SSSR count). The van der Waals surface area contributed by atoms with E-state index < -0.39 is 0 Å². The Morgan fingerprint density at radius 3 is 2.79 bits per heavy atom. The van der Waals surface area contributed by atoms with Crippen LogP contribution in [0.5, 0.6) is 0 Å². The lowest BCUT2D eigenvalue weighted by Gasteiger charge is -2.32. The molecule has 28 heavy (non-hydrogen) atoms. The first-order valence-electron chi connectivity index (χ1n) is 9.70. The summed E-state index contributed by atoms with van der Waals surface area (Å²) in [6, 6.07) is 14.5. The molecule has 5 nitrogen and oxygen atoms in total. The van der Waals surface area contributed by atoms with Crippen LogP contribution in [0.3, 0.4) is 0 Å². The van der Waals surface area contributed by atoms with Gasteiger partial charge in [-0.05, 0) is 29.5 Å². The highest BCUT2D eigenvalue weighted by atomic mass is 32.1. The molecule has 2 aromatic heterocycles. The predicted molar refractivity (Wildman–Crippen MR) is 112 cm³/mol. The number of amides is 1. The summed E-state index contributed by atoms with van der Waals surface area (Å²) in [5.74, 6) is 0.300. The SMILES string of the molecule is CC(c1cccs1)N(Cc1ccccc1)C(=O)[C@H]1CNC[C@@H]1c1cnn(C)c1. The van der Waals surface area contributed by atoms with Crippen LogP contribution in [0.4, 0.5) is 0 Å². The molecule has 1 saturated heterocycles. The third-order valence-electron chi connectivity index (χ3n) is 5.59. The monoisotopic (exact) mass is 394 g/mol. The van der Waals surface area contributed by atoms with Crippen molar-refractivity contribution in [2.24, 2.45) is 13.0 Å². The van der Waals surface area contributed by atoms with Crippen LogP contribution in [0.1, 0.15) is 34.9 Å². The minimum atomic E-state index is -0.0738. The fourth-order valence-electron chi connectivity index (χ4n) is 4.00. The highest BCUT2D eigenvalue weighted by Gasteiger charge is 2.38. The Balaban J connectivity index is 1.62. The molecule has 0 saturated carbocycles. The molecule has 146 valence electrons. The molecule has 3 atom stereocenters. The van der Waals surface area contributed by atoms with E-state index in [4.69, 9.17) is 0 Å². The number of benzene rings is 1. The second-order valence-electron chi connectivity index (χ2n) is 7.46. The van der Waals surface area contributed by atoms with Crippen molar-refractivity contribution in [3.05, 3.63) is 76.2 Å². The number of aryl methyl sites for hydroxylation is 1. The van der Waals surface area contributed by atoms with Gasteiger partial charge in [-0.25, -0.2) is 0 Å². The number of aromatic nitrogens is 2. The fraction of sp³-hybridized carbons (Fsp3) is 0.364. The smallest absolute Gasteiger partial charge is 0.228 e. The lowest BCUT2D eigenvalue weighted by Crippen LogP contribution is -2.39. The standard InChI is InChI=1S/C22H26N4OS/c1-16(21-9-6-10-28-21)26(14-17-7-4-3-5-8-17)22(27)20-13-23-12-19(20)18-11-24-25(2)15-18/h3-11,15-16,19-20,23H,12-14H2,1-2H3/t16?,19-,20+/m1/s1. The molecule has 1 aromatic carbocycles. The first kappa shape index (κ1) is 18.9. The third-order valence-corrected chi connectivity index (χ3v) is 6.63. The normalized spacial score (nSPS) is 20.2. The number of hydrogen-bond donors (Lipinski definition) is 1. The van der Waals surface area contributed by atoms with Crippen molar-refractivity contribution in [2.45, 2.75) is 25.4 Å². The van der Waals surface area contributed by atoms with E-state index in [2.05, 4.69) is 47.0 Å². The van der Waals surface area contributed by atoms with Crippen LogP contribution in [0, 0.1) is 5.92 Å². The van der Waals surface area contributed by atoms with E-state index >= 15 is 0 Å². The maximum Gasteiger partial charge on any atom is 0.228 e. The van der Waals surface area contributed by atoms with Gasteiger partial charge in [-0.3, -0.25) is 9.48 Å². The van der Waals surface area contributed by atoms with Crippen molar-refractivity contribution in [3.8, 4) is 0 Å². The maximum absolute atomic E-state index is 13.7. The van der Waals surface area contributed by atoms with Crippen molar-refractivity contribution in [1.29, 1.82) is 0 Å². The van der Waals surface area contributed by atoms with Crippen LogP contribution in [0.25, 0.3) is 0 Å². The van der Waals surface area contributed by atoms with Gasteiger partial charge in [0.15, 0.2) is 0 Å². The summed E-state index contributed by atoms with van der Waals surface area (Å²) in [5, 5.41) is 9.81. The molecule has 6 heteroatoms. The van der Waals surface area contributed by atoms with Crippen LogP contribution >= 0.6 is 11.3 Å². The van der Waals surface area contributed by atoms with Gasteiger partial charge in [0, 0.05) is 43.7 Å². The molecule has 1 unspecified atom stereocenters. The second kappa shape index (κ2) is 8.29. The summed E-state index contributed by atoms with van der Waals surface area (Å²) in [6.45, 7) is 4.28. The van der Waals surface area contributed by atoms with Gasteiger partial charge >= 0.3 is 0 Å². The predicted octanol–water partition coefficient (Wildman–Crippen LogP) is 3.57. The minimum Gasteiger partial charge on any atom is -0.330 e. The Morgan fingerprint density at radius 2 is 2.11 bits per heavy atom. The Kier molecular flexibility index (Phi) is 5.59. The molecule has 0 bridgehead atoms. The third kappa shape index (κ3) is 3.88. The van der Waals surface area contributed by atoms with Gasteiger partial charge in [0.1, 0.15) is 0 Å². The topological polar surface area (TPSA) is 50.2 Å². The van der Waals surface area contributed by atoms with Crippen molar-refractivity contribution in [1.82, 2.24) is 20.0 Å². The van der Waals surface area contributed by atoms with Crippen molar-refractivity contribution in [3.63, 3.8) is 0 Å². The molecular weight excluding hydrogens is 368 g/mol. The molecule has 1 aliphatic rings. The second-order valence-corrected chi connectivity index (χ2v) is 8.44. The van der Waals surface area contributed by atoms with Crippen molar-refractivity contribution < 1.29 is 4.79 Å². The Hall–Kier alpha value is -2.44. The van der Waals surface area contributed by atoms with Gasteiger partial charge in [0.2, 0.25) is 5.91 Å². The molecule has 3 heterocycles. The lowest BCUT2D eigenvalue weighted by molar-refractivity contribution is -0.138. The average molecular weight is 395 g/mol. The van der Waals surface area contributed by atoms with Gasteiger partial charge in [0.25, 0.3) is 0 Å². The number of hydrogen-bond acceptors (Lipinski definition) is 4. The van der Waals surface area contributed by atoms with Gasteiger partial charge in [0.05, 0.1) is 18.2 Å². The summed E-state index contributed by atoms with van der Waals surface area (Å²) < 4.78 is 1.81. The summed E-state index contributed by atoms with van der Waals surface area (Å²) in [6.07, 6.45) is 3.92. The summed E-state index contributed by atoms with van der Waals surface area (Å²) >= 11 is 1.71. The highest BCUT2D eigenvalue weighted by Crippen LogP contribution is 2.34. The van der Waals surface area contributed by atoms with E-state index in [1.165, 1.54) is 4.88 Å². The van der Waals surface area contributed by atoms with E-state index in [-0.39, 0.29) is 23.8 Å². The van der Waals surface area contributed by atoms with Crippen molar-refractivity contribution in [2.75, 3.05) is 13.1 Å².